The molecule has 0 amide bonds. The standard InChI is InChI=1S/C15H17BrFN3/c1-3-19-14(10-4-5-13(17)12(16)7-10)11-6-9(2)8-20-15(11)18/h4-8,14,19H,3H2,1-2H3,(H2,18,20). The average molecular weight is 338 g/mol. The van der Waals surface area contributed by atoms with Crippen molar-refractivity contribution in [2.45, 2.75) is 19.9 Å². The van der Waals surface area contributed by atoms with Crippen LogP contribution in [0.15, 0.2) is 34.9 Å². The Bertz CT molecular complexity index is 616. The largest absolute Gasteiger partial charge is 0.383 e. The van der Waals surface area contributed by atoms with Gasteiger partial charge in [-0.1, -0.05) is 13.0 Å². The van der Waals surface area contributed by atoms with Gasteiger partial charge in [0.25, 0.3) is 0 Å². The van der Waals surface area contributed by atoms with Crippen LogP contribution in [0, 0.1) is 12.7 Å². The van der Waals surface area contributed by atoms with Crippen LogP contribution >= 0.6 is 15.9 Å². The van der Waals surface area contributed by atoms with Gasteiger partial charge in [-0.15, -0.1) is 0 Å². The zero-order valence-corrected chi connectivity index (χ0v) is 13.0. The maximum absolute atomic E-state index is 13.4. The molecule has 0 radical (unpaired) electrons. The van der Waals surface area contributed by atoms with E-state index < -0.39 is 0 Å². The van der Waals surface area contributed by atoms with E-state index >= 15 is 0 Å². The SMILES string of the molecule is CCNC(c1ccc(F)c(Br)c1)c1cc(C)cnc1N. The number of nitrogen functional groups attached to an aromatic ring is 1. The molecule has 1 heterocycles. The number of aryl methyl sites for hydroxylation is 1. The molecule has 0 bridgehead atoms. The highest BCUT2D eigenvalue weighted by molar-refractivity contribution is 9.10. The number of rotatable bonds is 4. The predicted molar refractivity (Wildman–Crippen MR) is 83.0 cm³/mol. The van der Waals surface area contributed by atoms with E-state index in [0.717, 1.165) is 23.2 Å². The van der Waals surface area contributed by atoms with E-state index in [-0.39, 0.29) is 11.9 Å². The van der Waals surface area contributed by atoms with Gasteiger partial charge in [0.05, 0.1) is 10.5 Å². The van der Waals surface area contributed by atoms with E-state index in [2.05, 4.69) is 26.2 Å². The molecule has 106 valence electrons. The van der Waals surface area contributed by atoms with Crippen molar-refractivity contribution >= 4 is 21.7 Å². The summed E-state index contributed by atoms with van der Waals surface area (Å²) in [6, 6.07) is 6.87. The van der Waals surface area contributed by atoms with Crippen molar-refractivity contribution in [2.75, 3.05) is 12.3 Å². The van der Waals surface area contributed by atoms with Crippen molar-refractivity contribution < 1.29 is 4.39 Å². The van der Waals surface area contributed by atoms with Gasteiger partial charge in [0, 0.05) is 11.8 Å². The molecule has 0 fully saturated rings. The summed E-state index contributed by atoms with van der Waals surface area (Å²) in [5.74, 6) is 0.210. The summed E-state index contributed by atoms with van der Waals surface area (Å²) >= 11 is 3.22. The minimum Gasteiger partial charge on any atom is -0.383 e. The number of pyridine rings is 1. The summed E-state index contributed by atoms with van der Waals surface area (Å²) in [6.07, 6.45) is 1.74. The Morgan fingerprint density at radius 1 is 1.40 bits per heavy atom. The van der Waals surface area contributed by atoms with Crippen molar-refractivity contribution in [3.63, 3.8) is 0 Å². The fourth-order valence-corrected chi connectivity index (χ4v) is 2.53. The third-order valence-corrected chi connectivity index (χ3v) is 3.69. The lowest BCUT2D eigenvalue weighted by molar-refractivity contribution is 0.608. The van der Waals surface area contributed by atoms with Crippen LogP contribution in [0.1, 0.15) is 29.7 Å². The second kappa shape index (κ2) is 6.33. The average Bonchev–Trinajstić information content (AvgIpc) is 2.42. The van der Waals surface area contributed by atoms with Crippen LogP contribution in [0.4, 0.5) is 10.2 Å². The lowest BCUT2D eigenvalue weighted by atomic mass is 9.98. The number of aromatic nitrogens is 1. The summed E-state index contributed by atoms with van der Waals surface area (Å²) in [5.41, 5.74) is 8.88. The highest BCUT2D eigenvalue weighted by Crippen LogP contribution is 2.29. The fraction of sp³-hybridized carbons (Fsp3) is 0.267. The number of hydrogen-bond donors (Lipinski definition) is 2. The molecule has 1 aromatic heterocycles. The maximum atomic E-state index is 13.4. The second-order valence-corrected chi connectivity index (χ2v) is 5.51. The summed E-state index contributed by atoms with van der Waals surface area (Å²) in [7, 11) is 0. The molecule has 1 atom stereocenters. The van der Waals surface area contributed by atoms with E-state index in [1.54, 1.807) is 18.3 Å². The summed E-state index contributed by atoms with van der Waals surface area (Å²) in [6.45, 7) is 4.76. The third-order valence-electron chi connectivity index (χ3n) is 3.08. The molecule has 3 nitrogen and oxygen atoms in total. The molecule has 20 heavy (non-hydrogen) atoms. The van der Waals surface area contributed by atoms with Gasteiger partial charge in [0.2, 0.25) is 0 Å². The molecular formula is C15H17BrFN3. The van der Waals surface area contributed by atoms with Crippen LogP contribution in [0.2, 0.25) is 0 Å². The molecule has 1 aromatic carbocycles. The Labute approximate surface area is 126 Å². The van der Waals surface area contributed by atoms with Gasteiger partial charge in [-0.25, -0.2) is 9.37 Å². The van der Waals surface area contributed by atoms with Gasteiger partial charge >= 0.3 is 0 Å². The van der Waals surface area contributed by atoms with Crippen LogP contribution in [0.5, 0.6) is 0 Å². The normalized spacial score (nSPS) is 12.4. The van der Waals surface area contributed by atoms with Crippen molar-refractivity contribution in [1.82, 2.24) is 10.3 Å². The molecule has 0 aliphatic heterocycles. The first kappa shape index (κ1) is 14.9. The molecule has 0 saturated carbocycles. The Balaban J connectivity index is 2.49. The minimum atomic E-state index is -0.278. The van der Waals surface area contributed by atoms with Gasteiger partial charge in [-0.05, 0) is 58.7 Å². The van der Waals surface area contributed by atoms with Crippen molar-refractivity contribution in [2.24, 2.45) is 0 Å². The van der Waals surface area contributed by atoms with Crippen molar-refractivity contribution in [1.29, 1.82) is 0 Å². The quantitative estimate of drug-likeness (QED) is 0.896. The first-order chi connectivity index (χ1) is 9.52. The molecule has 3 N–H and O–H groups in total. The maximum Gasteiger partial charge on any atom is 0.137 e. The number of nitrogens with one attached hydrogen (secondary N) is 1. The van der Waals surface area contributed by atoms with Crippen LogP contribution in [0.25, 0.3) is 0 Å². The van der Waals surface area contributed by atoms with Gasteiger partial charge in [-0.3, -0.25) is 0 Å². The number of anilines is 1. The zero-order valence-electron chi connectivity index (χ0n) is 11.5. The lowest BCUT2D eigenvalue weighted by Gasteiger charge is -2.21. The van der Waals surface area contributed by atoms with Gasteiger partial charge in [-0.2, -0.15) is 0 Å². The first-order valence-electron chi connectivity index (χ1n) is 6.43. The van der Waals surface area contributed by atoms with Crippen LogP contribution in [-0.4, -0.2) is 11.5 Å². The Hall–Kier alpha value is -1.46. The highest BCUT2D eigenvalue weighted by atomic mass is 79.9. The number of nitrogens with two attached hydrogens (primary N) is 1. The topological polar surface area (TPSA) is 50.9 Å². The fourth-order valence-electron chi connectivity index (χ4n) is 2.14. The summed E-state index contributed by atoms with van der Waals surface area (Å²) < 4.78 is 13.8. The van der Waals surface area contributed by atoms with Crippen LogP contribution in [0.3, 0.4) is 0 Å². The Kier molecular flexibility index (Phi) is 4.73. The minimum absolute atomic E-state index is 0.107. The third kappa shape index (κ3) is 3.16. The lowest BCUT2D eigenvalue weighted by Crippen LogP contribution is -2.23. The van der Waals surface area contributed by atoms with E-state index in [1.165, 1.54) is 6.07 Å². The van der Waals surface area contributed by atoms with E-state index in [4.69, 9.17) is 5.73 Å². The zero-order chi connectivity index (χ0) is 14.7. The Morgan fingerprint density at radius 2 is 2.15 bits per heavy atom. The van der Waals surface area contributed by atoms with E-state index in [9.17, 15) is 4.39 Å². The molecule has 5 heteroatoms. The smallest absolute Gasteiger partial charge is 0.137 e. The van der Waals surface area contributed by atoms with E-state index in [0.29, 0.717) is 10.3 Å². The number of halogens is 2. The Morgan fingerprint density at radius 3 is 2.80 bits per heavy atom. The monoisotopic (exact) mass is 337 g/mol. The molecule has 2 aromatic rings. The molecule has 0 aliphatic rings. The van der Waals surface area contributed by atoms with E-state index in [1.807, 2.05) is 19.9 Å². The first-order valence-corrected chi connectivity index (χ1v) is 7.22. The summed E-state index contributed by atoms with van der Waals surface area (Å²) in [5, 5.41) is 3.37. The number of hydrogen-bond acceptors (Lipinski definition) is 3. The predicted octanol–water partition coefficient (Wildman–Crippen LogP) is 3.57. The van der Waals surface area contributed by atoms with Crippen molar-refractivity contribution in [3.8, 4) is 0 Å². The molecule has 1 unspecified atom stereocenters. The van der Waals surface area contributed by atoms with Gasteiger partial charge < -0.3 is 11.1 Å². The van der Waals surface area contributed by atoms with Gasteiger partial charge in [0.15, 0.2) is 0 Å². The number of benzene rings is 1. The molecule has 0 spiro atoms. The summed E-state index contributed by atoms with van der Waals surface area (Å²) in [4.78, 5) is 4.20. The molecule has 0 aliphatic carbocycles. The van der Waals surface area contributed by atoms with Crippen molar-refractivity contribution in [3.05, 3.63) is 57.4 Å². The van der Waals surface area contributed by atoms with Crippen LogP contribution in [-0.2, 0) is 0 Å². The molecular weight excluding hydrogens is 321 g/mol. The second-order valence-electron chi connectivity index (χ2n) is 4.65. The van der Waals surface area contributed by atoms with Gasteiger partial charge in [0.1, 0.15) is 11.6 Å². The van der Waals surface area contributed by atoms with Crippen LogP contribution < -0.4 is 11.1 Å². The molecule has 2 rings (SSSR count). The highest BCUT2D eigenvalue weighted by Gasteiger charge is 2.17. The molecule has 0 saturated heterocycles. The number of nitrogens with zero attached hydrogens (tertiary/aromatic N) is 1.